The van der Waals surface area contributed by atoms with Crippen molar-refractivity contribution in [2.75, 3.05) is 49.1 Å². The summed E-state index contributed by atoms with van der Waals surface area (Å²) in [7, 11) is 0. The molecule has 0 unspecified atom stereocenters. The molecule has 8 rings (SSSR count). The first-order chi connectivity index (χ1) is 26.8. The Morgan fingerprint density at radius 1 is 0.945 bits per heavy atom. The Bertz CT molecular complexity index is 2080. The highest BCUT2D eigenvalue weighted by atomic mass is 35.5. The van der Waals surface area contributed by atoms with Crippen LogP contribution in [0.25, 0.3) is 10.9 Å². The van der Waals surface area contributed by atoms with Crippen LogP contribution in [-0.2, 0) is 4.79 Å². The quantitative estimate of drug-likeness (QED) is 0.207. The van der Waals surface area contributed by atoms with E-state index in [0.29, 0.717) is 40.4 Å². The second-order valence-electron chi connectivity index (χ2n) is 15.3. The lowest BCUT2D eigenvalue weighted by Crippen LogP contribution is -2.49. The van der Waals surface area contributed by atoms with Gasteiger partial charge in [0, 0.05) is 81.6 Å². The smallest absolute Gasteiger partial charge is 0.328 e. The molecule has 6 heterocycles. The van der Waals surface area contributed by atoms with Gasteiger partial charge < -0.3 is 24.4 Å². The predicted octanol–water partition coefficient (Wildman–Crippen LogP) is 6.08. The number of nitriles is 1. The minimum absolute atomic E-state index is 0.0488. The Hall–Kier alpha value is -5.19. The number of urea groups is 1. The molecule has 13 nitrogen and oxygen atoms in total. The molecule has 4 fully saturated rings. The van der Waals surface area contributed by atoms with Gasteiger partial charge in [-0.3, -0.25) is 24.8 Å². The number of rotatable bonds is 9. The molecular weight excluding hydrogens is 718 g/mol. The van der Waals surface area contributed by atoms with Crippen molar-refractivity contribution in [2.24, 2.45) is 5.92 Å². The lowest BCUT2D eigenvalue weighted by atomic mass is 9.92. The van der Waals surface area contributed by atoms with E-state index in [1.54, 1.807) is 35.5 Å². The van der Waals surface area contributed by atoms with E-state index < -0.39 is 6.03 Å². The Morgan fingerprint density at radius 3 is 2.45 bits per heavy atom. The van der Waals surface area contributed by atoms with Crippen molar-refractivity contribution in [3.63, 3.8) is 0 Å². The maximum absolute atomic E-state index is 13.1. The number of carbonyl (C=O) groups is 3. The number of piperidine rings is 2. The third-order valence-electron chi connectivity index (χ3n) is 11.8. The monoisotopic (exact) mass is 763 g/mol. The fourth-order valence-corrected chi connectivity index (χ4v) is 8.84. The summed E-state index contributed by atoms with van der Waals surface area (Å²) in [5, 5.41) is 16.1. The van der Waals surface area contributed by atoms with Crippen molar-refractivity contribution >= 4 is 51.9 Å². The van der Waals surface area contributed by atoms with Gasteiger partial charge in [-0.05, 0) is 87.6 Å². The van der Waals surface area contributed by atoms with Crippen LogP contribution >= 0.6 is 11.6 Å². The van der Waals surface area contributed by atoms with E-state index in [1.807, 2.05) is 18.3 Å². The number of ether oxygens (including phenoxy) is 1. The number of carbonyl (C=O) groups excluding carboxylic acids is 3. The van der Waals surface area contributed by atoms with Gasteiger partial charge in [0.1, 0.15) is 17.6 Å². The minimum atomic E-state index is -0.390. The molecule has 2 N–H and O–H groups in total. The van der Waals surface area contributed by atoms with Crippen LogP contribution in [0.1, 0.15) is 79.8 Å². The molecule has 0 atom stereocenters. The molecule has 1 aromatic carbocycles. The molecule has 55 heavy (non-hydrogen) atoms. The first-order valence-corrected chi connectivity index (χ1v) is 19.9. The van der Waals surface area contributed by atoms with Gasteiger partial charge in [0.2, 0.25) is 5.91 Å². The van der Waals surface area contributed by atoms with Crippen LogP contribution in [0, 0.1) is 17.2 Å². The van der Waals surface area contributed by atoms with E-state index >= 15 is 0 Å². The summed E-state index contributed by atoms with van der Waals surface area (Å²) in [6.45, 7) is 5.45. The van der Waals surface area contributed by atoms with Crippen LogP contribution in [0.3, 0.4) is 0 Å². The van der Waals surface area contributed by atoms with Gasteiger partial charge in [-0.15, -0.1) is 0 Å². The zero-order valence-electron chi connectivity index (χ0n) is 30.8. The average Bonchev–Trinajstić information content (AvgIpc) is 3.64. The summed E-state index contributed by atoms with van der Waals surface area (Å²) in [6.07, 6.45) is 15.4. The van der Waals surface area contributed by atoms with Gasteiger partial charge in [-0.25, -0.2) is 9.78 Å². The first kappa shape index (κ1) is 36.8. The van der Waals surface area contributed by atoms with Crippen LogP contribution < -0.4 is 25.2 Å². The number of anilines is 2. The van der Waals surface area contributed by atoms with E-state index in [2.05, 4.69) is 53.3 Å². The highest BCUT2D eigenvalue weighted by molar-refractivity contribution is 6.31. The van der Waals surface area contributed by atoms with E-state index in [1.165, 1.54) is 0 Å². The minimum Gasteiger partial charge on any atom is -0.490 e. The highest BCUT2D eigenvalue weighted by Crippen LogP contribution is 2.34. The predicted molar refractivity (Wildman–Crippen MR) is 209 cm³/mol. The van der Waals surface area contributed by atoms with Crippen LogP contribution in [0.4, 0.5) is 16.3 Å². The van der Waals surface area contributed by atoms with Gasteiger partial charge in [-0.2, -0.15) is 5.26 Å². The van der Waals surface area contributed by atoms with Gasteiger partial charge in [0.15, 0.2) is 0 Å². The number of fused-ring (bicyclic) bond motifs is 1. The van der Waals surface area contributed by atoms with Gasteiger partial charge in [-0.1, -0.05) is 11.6 Å². The van der Waals surface area contributed by atoms with Crippen molar-refractivity contribution < 1.29 is 19.1 Å². The number of hydrogen-bond donors (Lipinski definition) is 2. The molecule has 3 saturated heterocycles. The Balaban J connectivity index is 0.760. The lowest BCUT2D eigenvalue weighted by molar-refractivity contribution is -0.120. The number of hydrogen-bond acceptors (Lipinski definition) is 9. The van der Waals surface area contributed by atoms with E-state index in [-0.39, 0.29) is 30.4 Å². The molecule has 0 radical (unpaired) electrons. The summed E-state index contributed by atoms with van der Waals surface area (Å²) >= 11 is 6.15. The maximum Gasteiger partial charge on any atom is 0.328 e. The standard InChI is InChI=1S/C41H46ClN9O4/c42-35-21-33(5-1-28(35)22-43)55-32-6-3-30(4-7-32)46-40(53)29-2-8-38(45-23-29)49-17-9-27(10-18-49)26-48-15-11-31(12-16-48)50-19-13-34-36(50)24-44-25-37(34)51-20-14-39(52)47-41(51)54/h1-2,5,8,13,19,21,23-25,27,30-32H,3-4,6-7,9-12,14-18,20,26H2,(H,46,53)(H,47,52,54). The molecule has 14 heteroatoms. The van der Waals surface area contributed by atoms with Crippen LogP contribution in [0.5, 0.6) is 5.75 Å². The lowest BCUT2D eigenvalue weighted by Gasteiger charge is -2.38. The number of likely N-dealkylation sites (tertiary alicyclic amines) is 1. The number of halogens is 1. The Morgan fingerprint density at radius 2 is 1.75 bits per heavy atom. The van der Waals surface area contributed by atoms with Crippen molar-refractivity contribution in [3.05, 3.63) is 77.3 Å². The first-order valence-electron chi connectivity index (χ1n) is 19.5. The van der Waals surface area contributed by atoms with Crippen LogP contribution in [0.15, 0.2) is 61.2 Å². The number of nitrogens with one attached hydrogen (secondary N) is 2. The second kappa shape index (κ2) is 16.3. The molecule has 4 aliphatic rings. The molecule has 0 bridgehead atoms. The summed E-state index contributed by atoms with van der Waals surface area (Å²) in [5.74, 6) is 1.88. The Labute approximate surface area is 325 Å². The summed E-state index contributed by atoms with van der Waals surface area (Å²) in [6, 6.07) is 13.2. The number of nitrogens with zero attached hydrogens (tertiary/aromatic N) is 7. The average molecular weight is 764 g/mol. The van der Waals surface area contributed by atoms with E-state index in [4.69, 9.17) is 21.6 Å². The highest BCUT2D eigenvalue weighted by Gasteiger charge is 2.30. The SMILES string of the molecule is N#Cc1ccc(OC2CCC(NC(=O)c3ccc(N4CCC(CN5CCC(n6ccc7c(N8CCC(=O)NC8=O)cncc76)CC5)CC4)nc3)CC2)cc1Cl. The zero-order chi connectivity index (χ0) is 37.9. The number of aromatic nitrogens is 3. The zero-order valence-corrected chi connectivity index (χ0v) is 31.6. The van der Waals surface area contributed by atoms with Gasteiger partial charge in [0.05, 0.1) is 45.9 Å². The Kier molecular flexibility index (Phi) is 10.9. The molecule has 1 aliphatic carbocycles. The molecule has 286 valence electrons. The molecule has 4 aromatic rings. The van der Waals surface area contributed by atoms with Crippen molar-refractivity contribution in [1.82, 2.24) is 30.1 Å². The molecule has 0 spiro atoms. The largest absolute Gasteiger partial charge is 0.490 e. The summed E-state index contributed by atoms with van der Waals surface area (Å²) < 4.78 is 8.41. The fraction of sp³-hybridized carbons (Fsp3) is 0.463. The van der Waals surface area contributed by atoms with Crippen LogP contribution in [-0.4, -0.2) is 88.7 Å². The number of amides is 4. The van der Waals surface area contributed by atoms with E-state index in [9.17, 15) is 14.4 Å². The number of pyridine rings is 2. The number of imide groups is 1. The van der Waals surface area contributed by atoms with Crippen molar-refractivity contribution in [1.29, 1.82) is 5.26 Å². The maximum atomic E-state index is 13.1. The fourth-order valence-electron chi connectivity index (χ4n) is 8.63. The molecule has 1 saturated carbocycles. The molecule has 3 aliphatic heterocycles. The molecule has 4 amide bonds. The van der Waals surface area contributed by atoms with Crippen molar-refractivity contribution in [2.45, 2.75) is 76.0 Å². The van der Waals surface area contributed by atoms with Gasteiger partial charge in [0.25, 0.3) is 5.91 Å². The van der Waals surface area contributed by atoms with Crippen molar-refractivity contribution in [3.8, 4) is 11.8 Å². The van der Waals surface area contributed by atoms with Crippen LogP contribution in [0.2, 0.25) is 5.02 Å². The normalized spacial score (nSPS) is 21.7. The third-order valence-corrected chi connectivity index (χ3v) is 12.1. The number of benzene rings is 1. The van der Waals surface area contributed by atoms with Gasteiger partial charge >= 0.3 is 6.03 Å². The molecular formula is C41H46ClN9O4. The van der Waals surface area contributed by atoms with E-state index in [0.717, 1.165) is 106 Å². The summed E-state index contributed by atoms with van der Waals surface area (Å²) in [5.41, 5.74) is 2.77. The third kappa shape index (κ3) is 8.26. The second-order valence-corrected chi connectivity index (χ2v) is 15.7. The topological polar surface area (TPSA) is 149 Å². The summed E-state index contributed by atoms with van der Waals surface area (Å²) in [4.78, 5) is 53.0. The molecule has 3 aromatic heterocycles.